The molecule has 0 bridgehead atoms. The highest BCUT2D eigenvalue weighted by atomic mass is 15.0. The fourth-order valence-electron chi connectivity index (χ4n) is 5.30. The van der Waals surface area contributed by atoms with Crippen LogP contribution in [0.4, 0.5) is 0 Å². The number of aromatic nitrogens is 6. The zero-order valence-corrected chi connectivity index (χ0v) is 20.0. The van der Waals surface area contributed by atoms with Gasteiger partial charge in [0.25, 0.3) is 0 Å². The predicted octanol–water partition coefficient (Wildman–Crippen LogP) is 4.93. The number of benzene rings is 2. The molecular formula is C28H28N8. The fraction of sp³-hybridized carbons (Fsp3) is 0.286. The number of fused-ring (bicyclic) bond motifs is 1. The van der Waals surface area contributed by atoms with Crippen molar-refractivity contribution in [2.24, 2.45) is 0 Å². The van der Waals surface area contributed by atoms with E-state index in [9.17, 15) is 0 Å². The number of aromatic amines is 2. The van der Waals surface area contributed by atoms with Gasteiger partial charge in [0.1, 0.15) is 11.6 Å². The van der Waals surface area contributed by atoms with Crippen LogP contribution in [0.3, 0.4) is 0 Å². The van der Waals surface area contributed by atoms with Crippen molar-refractivity contribution in [3.63, 3.8) is 0 Å². The highest BCUT2D eigenvalue weighted by Gasteiger charge is 2.20. The Bertz CT molecular complexity index is 1490. The maximum Gasteiger partial charge on any atom is 0.159 e. The molecule has 5 heterocycles. The number of nitrogens with one attached hydrogen (secondary N) is 4. The lowest BCUT2D eigenvalue weighted by Crippen LogP contribution is -2.14. The first kappa shape index (κ1) is 21.4. The van der Waals surface area contributed by atoms with Gasteiger partial charge in [0, 0.05) is 23.5 Å². The third kappa shape index (κ3) is 3.98. The summed E-state index contributed by atoms with van der Waals surface area (Å²) in [5.41, 5.74) is 7.21. The number of rotatable bonds is 5. The van der Waals surface area contributed by atoms with Crippen LogP contribution in [0.5, 0.6) is 0 Å². The Morgan fingerprint density at radius 2 is 1.33 bits per heavy atom. The molecule has 2 fully saturated rings. The number of imidazole rings is 2. The largest absolute Gasteiger partial charge is 0.341 e. The molecule has 8 heteroatoms. The number of hydrogen-bond acceptors (Lipinski definition) is 6. The van der Waals surface area contributed by atoms with Crippen molar-refractivity contribution < 1.29 is 0 Å². The van der Waals surface area contributed by atoms with Gasteiger partial charge in [-0.05, 0) is 62.0 Å². The lowest BCUT2D eigenvalue weighted by molar-refractivity contribution is 0.613. The van der Waals surface area contributed by atoms with Crippen LogP contribution in [0, 0.1) is 0 Å². The molecule has 36 heavy (non-hydrogen) atoms. The summed E-state index contributed by atoms with van der Waals surface area (Å²) in [5, 5.41) is 6.99. The molecule has 7 rings (SSSR count). The van der Waals surface area contributed by atoms with E-state index >= 15 is 0 Å². The fourth-order valence-corrected chi connectivity index (χ4v) is 5.30. The van der Waals surface area contributed by atoms with Crippen molar-refractivity contribution in [1.82, 2.24) is 40.5 Å². The van der Waals surface area contributed by atoms with Gasteiger partial charge in [-0.25, -0.2) is 19.9 Å². The second-order valence-electron chi connectivity index (χ2n) is 9.71. The Morgan fingerprint density at radius 3 is 2.06 bits per heavy atom. The van der Waals surface area contributed by atoms with Gasteiger partial charge >= 0.3 is 0 Å². The van der Waals surface area contributed by atoms with Crippen LogP contribution in [0.1, 0.15) is 49.4 Å². The molecule has 2 atom stereocenters. The van der Waals surface area contributed by atoms with Crippen LogP contribution in [0.15, 0.2) is 61.1 Å². The summed E-state index contributed by atoms with van der Waals surface area (Å²) in [6.45, 7) is 2.12. The van der Waals surface area contributed by atoms with E-state index in [0.29, 0.717) is 17.9 Å². The van der Waals surface area contributed by atoms with E-state index in [1.54, 1.807) is 0 Å². The lowest BCUT2D eigenvalue weighted by atomic mass is 10.1. The minimum absolute atomic E-state index is 0.328. The summed E-state index contributed by atoms with van der Waals surface area (Å²) in [6.07, 6.45) is 10.4. The zero-order valence-electron chi connectivity index (χ0n) is 20.0. The molecule has 2 aliphatic heterocycles. The van der Waals surface area contributed by atoms with Crippen LogP contribution in [-0.4, -0.2) is 43.0 Å². The van der Waals surface area contributed by atoms with Crippen LogP contribution in [-0.2, 0) is 0 Å². The normalized spacial score (nSPS) is 19.9. The predicted molar refractivity (Wildman–Crippen MR) is 140 cm³/mol. The van der Waals surface area contributed by atoms with Crippen LogP contribution < -0.4 is 10.6 Å². The van der Waals surface area contributed by atoms with Gasteiger partial charge in [-0.1, -0.05) is 30.3 Å². The molecule has 2 unspecified atom stereocenters. The second kappa shape index (κ2) is 8.96. The van der Waals surface area contributed by atoms with Crippen molar-refractivity contribution in [2.75, 3.05) is 13.1 Å². The SMILES string of the molecule is c1cc2nc(C3CCCN3)[nH]c2cc1-c1cnc(-c2ccc(-c3cnc(C4CCCN4)[nH]3)cc2)nc1. The summed E-state index contributed by atoms with van der Waals surface area (Å²) in [5.74, 6) is 2.75. The second-order valence-corrected chi connectivity index (χ2v) is 9.71. The average Bonchev–Trinajstić information content (AvgIpc) is 3.75. The van der Waals surface area contributed by atoms with Gasteiger partial charge in [0.2, 0.25) is 0 Å². The van der Waals surface area contributed by atoms with Gasteiger partial charge in [-0.2, -0.15) is 0 Å². The molecule has 0 aliphatic carbocycles. The van der Waals surface area contributed by atoms with E-state index in [1.165, 1.54) is 12.8 Å². The first-order valence-electron chi connectivity index (χ1n) is 12.7. The maximum atomic E-state index is 4.77. The molecule has 0 amide bonds. The quantitative estimate of drug-likeness (QED) is 0.287. The van der Waals surface area contributed by atoms with Crippen LogP contribution in [0.2, 0.25) is 0 Å². The summed E-state index contributed by atoms with van der Waals surface area (Å²) < 4.78 is 0. The molecule has 3 aromatic heterocycles. The van der Waals surface area contributed by atoms with E-state index in [1.807, 2.05) is 18.6 Å². The Morgan fingerprint density at radius 1 is 0.639 bits per heavy atom. The molecule has 2 saturated heterocycles. The van der Waals surface area contributed by atoms with Crippen molar-refractivity contribution >= 4 is 11.0 Å². The van der Waals surface area contributed by atoms with Gasteiger partial charge in [-0.15, -0.1) is 0 Å². The molecule has 2 aliphatic rings. The Hall–Kier alpha value is -3.88. The Kier molecular flexibility index (Phi) is 5.33. The Labute approximate surface area is 209 Å². The molecule has 8 nitrogen and oxygen atoms in total. The lowest BCUT2D eigenvalue weighted by Gasteiger charge is -2.06. The van der Waals surface area contributed by atoms with Crippen LogP contribution >= 0.6 is 0 Å². The van der Waals surface area contributed by atoms with Gasteiger partial charge < -0.3 is 20.6 Å². The highest BCUT2D eigenvalue weighted by molar-refractivity contribution is 5.82. The minimum atomic E-state index is 0.328. The monoisotopic (exact) mass is 476 g/mol. The average molecular weight is 477 g/mol. The van der Waals surface area contributed by atoms with E-state index < -0.39 is 0 Å². The van der Waals surface area contributed by atoms with Crippen molar-refractivity contribution in [2.45, 2.75) is 37.8 Å². The third-order valence-corrected chi connectivity index (χ3v) is 7.32. The number of hydrogen-bond donors (Lipinski definition) is 4. The standard InChI is InChI=1S/C28H28N8/c1-3-22(29-11-1)27-33-16-25(36-27)17-5-7-18(8-6-17)26-31-14-20(15-32-26)19-9-10-21-24(13-19)35-28(34-21)23-4-2-12-30-23/h5-10,13-16,22-23,29-30H,1-4,11-12H2,(H,33,36)(H,34,35). The van der Waals surface area contributed by atoms with E-state index in [4.69, 9.17) is 4.98 Å². The summed E-state index contributed by atoms with van der Waals surface area (Å²) in [4.78, 5) is 25.6. The first-order valence-corrected chi connectivity index (χ1v) is 12.7. The van der Waals surface area contributed by atoms with Gasteiger partial charge in [0.05, 0.1) is 35.0 Å². The highest BCUT2D eigenvalue weighted by Crippen LogP contribution is 2.28. The zero-order chi connectivity index (χ0) is 23.9. The van der Waals surface area contributed by atoms with E-state index in [0.717, 1.165) is 76.6 Å². The molecular weight excluding hydrogens is 448 g/mol. The minimum Gasteiger partial charge on any atom is -0.341 e. The summed E-state index contributed by atoms with van der Waals surface area (Å²) in [7, 11) is 0. The number of H-pyrrole nitrogens is 2. The molecule has 2 aromatic carbocycles. The molecule has 4 N–H and O–H groups in total. The maximum absolute atomic E-state index is 4.77. The molecule has 0 radical (unpaired) electrons. The van der Waals surface area contributed by atoms with Crippen molar-refractivity contribution in [3.8, 4) is 33.8 Å². The van der Waals surface area contributed by atoms with Gasteiger partial charge in [0.15, 0.2) is 5.82 Å². The summed E-state index contributed by atoms with van der Waals surface area (Å²) in [6, 6.07) is 15.3. The van der Waals surface area contributed by atoms with Crippen molar-refractivity contribution in [1.29, 1.82) is 0 Å². The van der Waals surface area contributed by atoms with E-state index in [-0.39, 0.29) is 0 Å². The first-order chi connectivity index (χ1) is 17.8. The topological polar surface area (TPSA) is 107 Å². The van der Waals surface area contributed by atoms with Gasteiger partial charge in [-0.3, -0.25) is 0 Å². The molecule has 0 saturated carbocycles. The van der Waals surface area contributed by atoms with Crippen LogP contribution in [0.25, 0.3) is 44.8 Å². The molecule has 5 aromatic rings. The molecule has 0 spiro atoms. The molecule has 180 valence electrons. The van der Waals surface area contributed by atoms with Crippen molar-refractivity contribution in [3.05, 3.63) is 72.7 Å². The summed E-state index contributed by atoms with van der Waals surface area (Å²) >= 11 is 0. The smallest absolute Gasteiger partial charge is 0.159 e. The number of nitrogens with zero attached hydrogens (tertiary/aromatic N) is 4. The van der Waals surface area contributed by atoms with E-state index in [2.05, 4.69) is 78.0 Å². The third-order valence-electron chi connectivity index (χ3n) is 7.32. The Balaban J connectivity index is 1.09.